The molecule has 5 nitrogen and oxygen atoms in total. The summed E-state index contributed by atoms with van der Waals surface area (Å²) in [5.41, 5.74) is 15.7. The van der Waals surface area contributed by atoms with E-state index in [1.165, 1.54) is 55.7 Å². The van der Waals surface area contributed by atoms with Gasteiger partial charge in [-0.1, -0.05) is 12.1 Å². The zero-order valence-corrected chi connectivity index (χ0v) is 17.2. The zero-order chi connectivity index (χ0) is 19.8. The molecular weight excluding hydrogens is 346 g/mol. The summed E-state index contributed by atoms with van der Waals surface area (Å²) in [4.78, 5) is 2.59. The second kappa shape index (κ2) is 9.80. The van der Waals surface area contributed by atoms with E-state index in [4.69, 9.17) is 11.5 Å². The van der Waals surface area contributed by atoms with E-state index >= 15 is 0 Å². The summed E-state index contributed by atoms with van der Waals surface area (Å²) in [5.74, 6) is 0. The van der Waals surface area contributed by atoms with E-state index in [0.29, 0.717) is 0 Å². The molecule has 0 aliphatic carbocycles. The second-order valence-corrected chi connectivity index (χ2v) is 8.06. The molecule has 0 atom stereocenters. The number of rotatable bonds is 9. The van der Waals surface area contributed by atoms with Crippen LogP contribution in [0.25, 0.3) is 0 Å². The van der Waals surface area contributed by atoms with Crippen molar-refractivity contribution in [1.29, 1.82) is 0 Å². The Bertz CT molecular complexity index is 703. The smallest absolute Gasteiger partial charge is 0.0916 e. The van der Waals surface area contributed by atoms with Crippen molar-refractivity contribution in [3.8, 4) is 0 Å². The molecule has 0 saturated carbocycles. The lowest BCUT2D eigenvalue weighted by Crippen LogP contribution is -2.60. The summed E-state index contributed by atoms with van der Waals surface area (Å²) in [5, 5.41) is 3.50. The van der Waals surface area contributed by atoms with Gasteiger partial charge in [0.2, 0.25) is 0 Å². The van der Waals surface area contributed by atoms with E-state index in [1.54, 1.807) is 0 Å². The van der Waals surface area contributed by atoms with E-state index in [0.717, 1.165) is 36.6 Å². The van der Waals surface area contributed by atoms with Crippen LogP contribution in [-0.4, -0.2) is 61.7 Å². The second-order valence-electron chi connectivity index (χ2n) is 8.06. The van der Waals surface area contributed by atoms with Crippen molar-refractivity contribution in [2.24, 2.45) is 0 Å². The minimum Gasteiger partial charge on any atom is -0.399 e. The van der Waals surface area contributed by atoms with Crippen LogP contribution in [0.4, 0.5) is 17.1 Å². The van der Waals surface area contributed by atoms with Crippen LogP contribution in [0.15, 0.2) is 48.5 Å². The fourth-order valence-electron chi connectivity index (χ4n) is 4.11. The Balaban J connectivity index is 1.37. The molecule has 0 aromatic heterocycles. The maximum Gasteiger partial charge on any atom is 0.0916 e. The predicted octanol–water partition coefficient (Wildman–Crippen LogP) is 3.05. The predicted molar refractivity (Wildman–Crippen MR) is 120 cm³/mol. The first kappa shape index (κ1) is 20.5. The number of piperazine rings is 1. The van der Waals surface area contributed by atoms with Crippen LogP contribution in [0, 0.1) is 0 Å². The highest BCUT2D eigenvalue weighted by molar-refractivity contribution is 5.51. The number of quaternary nitrogens is 1. The van der Waals surface area contributed by atoms with Crippen LogP contribution in [0.3, 0.4) is 0 Å². The van der Waals surface area contributed by atoms with Crippen molar-refractivity contribution in [1.82, 2.24) is 4.90 Å². The summed E-state index contributed by atoms with van der Waals surface area (Å²) in [6.45, 7) is 11.9. The van der Waals surface area contributed by atoms with E-state index < -0.39 is 0 Å². The summed E-state index contributed by atoms with van der Waals surface area (Å²) in [6, 6.07) is 16.3. The van der Waals surface area contributed by atoms with Crippen LogP contribution >= 0.6 is 0 Å². The molecule has 1 saturated heterocycles. The number of anilines is 3. The molecule has 0 spiro atoms. The summed E-state index contributed by atoms with van der Waals surface area (Å²) in [7, 11) is 0. The number of hydrogen-bond acceptors (Lipinski definition) is 4. The first-order valence-electron chi connectivity index (χ1n) is 10.6. The lowest BCUT2D eigenvalue weighted by Gasteiger charge is -2.44. The third kappa shape index (κ3) is 5.88. The Hall–Kier alpha value is -2.24. The number of aryl methyl sites for hydroxylation is 1. The molecule has 2 aromatic rings. The van der Waals surface area contributed by atoms with Gasteiger partial charge in [0.15, 0.2) is 0 Å². The third-order valence-electron chi connectivity index (χ3n) is 6.20. The minimum atomic E-state index is 0.812. The van der Waals surface area contributed by atoms with Crippen molar-refractivity contribution < 1.29 is 4.48 Å². The quantitative estimate of drug-likeness (QED) is 0.461. The van der Waals surface area contributed by atoms with Crippen molar-refractivity contribution in [2.75, 3.05) is 69.1 Å². The Morgan fingerprint density at radius 3 is 2.14 bits per heavy atom. The molecular formula is C23H36N5+. The molecule has 1 heterocycles. The van der Waals surface area contributed by atoms with Gasteiger partial charge in [0, 0.05) is 49.7 Å². The molecule has 1 fully saturated rings. The van der Waals surface area contributed by atoms with Gasteiger partial charge in [0.05, 0.1) is 26.2 Å². The molecule has 5 N–H and O–H groups in total. The van der Waals surface area contributed by atoms with Crippen molar-refractivity contribution in [3.63, 3.8) is 0 Å². The molecule has 152 valence electrons. The lowest BCUT2D eigenvalue weighted by molar-refractivity contribution is -0.930. The molecule has 1 aliphatic heterocycles. The van der Waals surface area contributed by atoms with Gasteiger partial charge in [-0.15, -0.1) is 0 Å². The number of benzene rings is 2. The highest BCUT2D eigenvalue weighted by atomic mass is 15.4. The topological polar surface area (TPSA) is 67.3 Å². The molecule has 1 aliphatic rings. The van der Waals surface area contributed by atoms with Crippen LogP contribution in [0.1, 0.15) is 18.9 Å². The number of likely N-dealkylation sites (N-methyl/N-ethyl adjacent to an activating group) is 1. The maximum atomic E-state index is 5.78. The zero-order valence-electron chi connectivity index (χ0n) is 17.2. The van der Waals surface area contributed by atoms with Gasteiger partial charge in [-0.3, -0.25) is 4.90 Å². The summed E-state index contributed by atoms with van der Waals surface area (Å²) in [6.07, 6.45) is 2.39. The maximum absolute atomic E-state index is 5.78. The average molecular weight is 383 g/mol. The molecule has 5 heteroatoms. The van der Waals surface area contributed by atoms with E-state index in [1.807, 2.05) is 36.4 Å². The van der Waals surface area contributed by atoms with Crippen LogP contribution < -0.4 is 16.8 Å². The minimum absolute atomic E-state index is 0.812. The first-order valence-corrected chi connectivity index (χ1v) is 10.6. The molecule has 0 bridgehead atoms. The highest BCUT2D eigenvalue weighted by Gasteiger charge is 2.30. The van der Waals surface area contributed by atoms with E-state index in [2.05, 4.69) is 29.3 Å². The van der Waals surface area contributed by atoms with Gasteiger partial charge in [0.25, 0.3) is 0 Å². The highest BCUT2D eigenvalue weighted by Crippen LogP contribution is 2.16. The number of nitrogens with one attached hydrogen (secondary N) is 1. The SMILES string of the molecule is CC[N+]1(CCCc2ccc(N)cc2)CCN(CCNc2ccc(N)cc2)CC1. The van der Waals surface area contributed by atoms with Gasteiger partial charge in [-0.05, 0) is 55.3 Å². The van der Waals surface area contributed by atoms with E-state index in [-0.39, 0.29) is 0 Å². The average Bonchev–Trinajstić information content (AvgIpc) is 2.72. The normalized spacial score (nSPS) is 16.8. The Morgan fingerprint density at radius 2 is 1.54 bits per heavy atom. The largest absolute Gasteiger partial charge is 0.399 e. The molecule has 28 heavy (non-hydrogen) atoms. The Kier molecular flexibility index (Phi) is 7.18. The number of nitrogen functional groups attached to an aromatic ring is 2. The Labute approximate surface area is 169 Å². The van der Waals surface area contributed by atoms with Gasteiger partial charge >= 0.3 is 0 Å². The van der Waals surface area contributed by atoms with Gasteiger partial charge in [-0.25, -0.2) is 0 Å². The van der Waals surface area contributed by atoms with Crippen LogP contribution in [0.2, 0.25) is 0 Å². The first-order chi connectivity index (χ1) is 13.6. The molecule has 0 unspecified atom stereocenters. The molecule has 3 rings (SSSR count). The monoisotopic (exact) mass is 382 g/mol. The van der Waals surface area contributed by atoms with Gasteiger partial charge < -0.3 is 21.3 Å². The lowest BCUT2D eigenvalue weighted by atomic mass is 10.1. The standard InChI is InChI=1S/C23H36N5/c1-2-28(17-3-4-20-5-7-21(24)8-6-20)18-15-27(16-19-28)14-13-26-23-11-9-22(25)10-12-23/h5-12,26H,2-4,13-19,24-25H2,1H3/q+1. The van der Waals surface area contributed by atoms with Crippen LogP contribution in [0.5, 0.6) is 0 Å². The van der Waals surface area contributed by atoms with Crippen molar-refractivity contribution in [3.05, 3.63) is 54.1 Å². The van der Waals surface area contributed by atoms with Crippen molar-refractivity contribution >= 4 is 17.1 Å². The number of nitrogens with zero attached hydrogens (tertiary/aromatic N) is 2. The fraction of sp³-hybridized carbons (Fsp3) is 0.478. The fourth-order valence-corrected chi connectivity index (χ4v) is 4.11. The summed E-state index contributed by atoms with van der Waals surface area (Å²) < 4.78 is 1.26. The molecule has 0 radical (unpaired) electrons. The Morgan fingerprint density at radius 1 is 0.929 bits per heavy atom. The van der Waals surface area contributed by atoms with Gasteiger partial charge in [-0.2, -0.15) is 0 Å². The molecule has 2 aromatic carbocycles. The van der Waals surface area contributed by atoms with Crippen LogP contribution in [-0.2, 0) is 6.42 Å². The van der Waals surface area contributed by atoms with Crippen molar-refractivity contribution in [2.45, 2.75) is 19.8 Å². The number of nitrogens with two attached hydrogens (primary N) is 2. The summed E-state index contributed by atoms with van der Waals surface area (Å²) >= 11 is 0. The van der Waals surface area contributed by atoms with Gasteiger partial charge in [0.1, 0.15) is 0 Å². The molecule has 0 amide bonds. The van der Waals surface area contributed by atoms with E-state index in [9.17, 15) is 0 Å². The third-order valence-corrected chi connectivity index (χ3v) is 6.20. The number of hydrogen-bond donors (Lipinski definition) is 3.